The summed E-state index contributed by atoms with van der Waals surface area (Å²) in [5.74, 6) is -1.72. The summed E-state index contributed by atoms with van der Waals surface area (Å²) in [5.41, 5.74) is -0.741. The van der Waals surface area contributed by atoms with Gasteiger partial charge in [0, 0.05) is 49.7 Å². The van der Waals surface area contributed by atoms with Crippen LogP contribution in [0.1, 0.15) is 69.4 Å². The van der Waals surface area contributed by atoms with Gasteiger partial charge in [-0.2, -0.15) is 0 Å². The summed E-state index contributed by atoms with van der Waals surface area (Å²) in [4.78, 5) is 39.3. The Kier molecular flexibility index (Phi) is 7.84. The molecule has 0 saturated carbocycles. The molecule has 0 N–H and O–H groups in total. The number of quaternary nitrogens is 1. The second-order valence-corrected chi connectivity index (χ2v) is 10.8. The van der Waals surface area contributed by atoms with Crippen molar-refractivity contribution in [3.63, 3.8) is 0 Å². The molecule has 0 radical (unpaired) electrons. The number of rotatable bonds is 9. The normalized spacial score (nSPS) is 23.7. The van der Waals surface area contributed by atoms with E-state index in [0.29, 0.717) is 23.2 Å². The Morgan fingerprint density at radius 1 is 0.816 bits per heavy atom. The van der Waals surface area contributed by atoms with E-state index in [-0.39, 0.29) is 25.6 Å². The fourth-order valence-corrected chi connectivity index (χ4v) is 7.11. The highest BCUT2D eigenvalue weighted by molar-refractivity contribution is 5.89. The molecule has 3 aliphatic rings. The Bertz CT molecular complexity index is 1070. The summed E-state index contributed by atoms with van der Waals surface area (Å²) in [6.07, 6.45) is 6.10. The van der Waals surface area contributed by atoms with Crippen molar-refractivity contribution in [3.8, 4) is 0 Å². The Hall–Kier alpha value is -3.19. The van der Waals surface area contributed by atoms with Gasteiger partial charge in [0.25, 0.3) is 5.60 Å². The molecule has 202 valence electrons. The van der Waals surface area contributed by atoms with Crippen molar-refractivity contribution >= 4 is 17.9 Å². The van der Waals surface area contributed by atoms with Gasteiger partial charge in [-0.25, -0.2) is 4.79 Å². The molecule has 1 spiro atoms. The molecule has 0 amide bonds. The molecule has 38 heavy (non-hydrogen) atoms. The first-order chi connectivity index (χ1) is 18.5. The number of ether oxygens (including phenoxy) is 3. The predicted molar refractivity (Wildman–Crippen MR) is 141 cm³/mol. The van der Waals surface area contributed by atoms with Crippen molar-refractivity contribution in [2.45, 2.75) is 82.1 Å². The summed E-state index contributed by atoms with van der Waals surface area (Å²) in [6.45, 7) is 4.44. The lowest BCUT2D eigenvalue weighted by Gasteiger charge is -2.47. The first-order valence-corrected chi connectivity index (χ1v) is 14.0. The van der Waals surface area contributed by atoms with Crippen LogP contribution in [0.3, 0.4) is 0 Å². The second kappa shape index (κ2) is 11.3. The van der Waals surface area contributed by atoms with Gasteiger partial charge < -0.3 is 18.7 Å². The van der Waals surface area contributed by atoms with E-state index in [1.807, 2.05) is 36.4 Å². The zero-order valence-electron chi connectivity index (χ0n) is 22.2. The molecule has 3 aliphatic heterocycles. The van der Waals surface area contributed by atoms with E-state index < -0.39 is 23.5 Å². The maximum atomic E-state index is 14.3. The zero-order valence-corrected chi connectivity index (χ0v) is 22.2. The fraction of sp³-hybridized carbons (Fsp3) is 0.516. The molecule has 7 nitrogen and oxygen atoms in total. The highest BCUT2D eigenvalue weighted by Crippen LogP contribution is 2.47. The third kappa shape index (κ3) is 4.96. The van der Waals surface area contributed by atoms with Crippen LogP contribution in [0, 0.1) is 0 Å². The number of nitrogens with zero attached hydrogens (tertiary/aromatic N) is 1. The van der Waals surface area contributed by atoms with Gasteiger partial charge in [0.1, 0.15) is 6.10 Å². The first kappa shape index (κ1) is 26.4. The van der Waals surface area contributed by atoms with Gasteiger partial charge in [-0.1, -0.05) is 60.7 Å². The predicted octanol–water partition coefficient (Wildman–Crippen LogP) is 4.66. The Labute approximate surface area is 224 Å². The van der Waals surface area contributed by atoms with Gasteiger partial charge in [-0.3, -0.25) is 9.59 Å². The van der Waals surface area contributed by atoms with Gasteiger partial charge in [0.05, 0.1) is 44.6 Å². The number of hydrogen-bond acceptors (Lipinski definition) is 6. The van der Waals surface area contributed by atoms with Crippen LogP contribution in [0.15, 0.2) is 60.7 Å². The van der Waals surface area contributed by atoms with Crippen LogP contribution in [0.2, 0.25) is 0 Å². The van der Waals surface area contributed by atoms with Crippen LogP contribution in [-0.4, -0.2) is 60.3 Å². The summed E-state index contributed by atoms with van der Waals surface area (Å²) in [6, 6.07) is 19.1. The third-order valence-electron chi connectivity index (χ3n) is 8.78. The Morgan fingerprint density at radius 2 is 1.34 bits per heavy atom. The first-order valence-electron chi connectivity index (χ1n) is 14.0. The van der Waals surface area contributed by atoms with Crippen molar-refractivity contribution in [2.75, 3.05) is 19.7 Å². The van der Waals surface area contributed by atoms with Crippen molar-refractivity contribution < 1.29 is 33.1 Å². The second-order valence-electron chi connectivity index (χ2n) is 10.8. The highest BCUT2D eigenvalue weighted by atomic mass is 16.6. The molecule has 2 aromatic rings. The molecule has 7 heteroatoms. The summed E-state index contributed by atoms with van der Waals surface area (Å²) >= 11 is 0. The van der Waals surface area contributed by atoms with Crippen LogP contribution in [-0.2, 0) is 34.2 Å². The molecule has 0 aromatic heterocycles. The number of hydrogen-bond donors (Lipinski definition) is 0. The molecular formula is C31H38NO6+. The molecule has 2 bridgehead atoms. The molecule has 2 atom stereocenters. The monoisotopic (exact) mass is 520 g/mol. The number of carbonyl (C=O) groups excluding carboxylic acids is 3. The lowest BCUT2D eigenvalue weighted by molar-refractivity contribution is -0.956. The van der Waals surface area contributed by atoms with Gasteiger partial charge in [0.2, 0.25) is 0 Å². The van der Waals surface area contributed by atoms with Gasteiger partial charge in [0.15, 0.2) is 0 Å². The van der Waals surface area contributed by atoms with Crippen LogP contribution < -0.4 is 0 Å². The largest absolute Gasteiger partial charge is 0.466 e. The van der Waals surface area contributed by atoms with E-state index >= 15 is 0 Å². The minimum Gasteiger partial charge on any atom is -0.466 e. The SMILES string of the molecule is CCOC(=O)CCC(=O)OC(C(=O)OC1CC2CCC(C1)[N+]21CCCC1)(c1ccccc1)c1ccccc1. The average molecular weight is 521 g/mol. The van der Waals surface area contributed by atoms with Crippen molar-refractivity contribution in [2.24, 2.45) is 0 Å². The number of piperidine rings is 1. The van der Waals surface area contributed by atoms with Gasteiger partial charge >= 0.3 is 17.9 Å². The van der Waals surface area contributed by atoms with E-state index in [9.17, 15) is 14.4 Å². The van der Waals surface area contributed by atoms with E-state index in [1.54, 1.807) is 31.2 Å². The van der Waals surface area contributed by atoms with Crippen LogP contribution >= 0.6 is 0 Å². The number of esters is 3. The van der Waals surface area contributed by atoms with Gasteiger partial charge in [-0.05, 0) is 6.92 Å². The van der Waals surface area contributed by atoms with Crippen LogP contribution in [0.25, 0.3) is 0 Å². The zero-order chi connectivity index (χ0) is 26.6. The van der Waals surface area contributed by atoms with Gasteiger partial charge in [-0.15, -0.1) is 0 Å². The highest BCUT2D eigenvalue weighted by Gasteiger charge is 2.57. The minimum absolute atomic E-state index is 0.118. The van der Waals surface area contributed by atoms with Crippen molar-refractivity contribution in [1.29, 1.82) is 0 Å². The fourth-order valence-electron chi connectivity index (χ4n) is 7.11. The van der Waals surface area contributed by atoms with E-state index in [2.05, 4.69) is 0 Å². The molecule has 3 saturated heterocycles. The third-order valence-corrected chi connectivity index (χ3v) is 8.78. The quantitative estimate of drug-likeness (QED) is 0.272. The summed E-state index contributed by atoms with van der Waals surface area (Å²) in [5, 5.41) is 0. The van der Waals surface area contributed by atoms with Crippen molar-refractivity contribution in [1.82, 2.24) is 0 Å². The molecule has 5 rings (SSSR count). The number of carbonyl (C=O) groups is 3. The van der Waals surface area contributed by atoms with E-state index in [0.717, 1.165) is 12.8 Å². The summed E-state index contributed by atoms with van der Waals surface area (Å²) < 4.78 is 18.5. The Morgan fingerprint density at radius 3 is 1.87 bits per heavy atom. The molecular weight excluding hydrogens is 482 g/mol. The average Bonchev–Trinajstić information content (AvgIpc) is 3.48. The molecule has 2 aromatic carbocycles. The van der Waals surface area contributed by atoms with E-state index in [1.165, 1.54) is 43.3 Å². The smallest absolute Gasteiger partial charge is 0.360 e. The molecule has 2 unspecified atom stereocenters. The topological polar surface area (TPSA) is 78.9 Å². The van der Waals surface area contributed by atoms with Crippen LogP contribution in [0.5, 0.6) is 0 Å². The van der Waals surface area contributed by atoms with Crippen molar-refractivity contribution in [3.05, 3.63) is 71.8 Å². The standard InChI is InChI=1S/C31H38NO6/c1-2-36-28(33)17-18-29(34)38-31(23-11-5-3-6-12-23,24-13-7-4-8-14-24)30(35)37-27-21-25-15-16-26(22-27)32(25)19-9-10-20-32/h3-8,11-14,25-27H,2,9-10,15-22H2,1H3/q+1. The molecule has 3 heterocycles. The van der Waals surface area contributed by atoms with E-state index in [4.69, 9.17) is 14.2 Å². The molecule has 3 fully saturated rings. The van der Waals surface area contributed by atoms with Crippen LogP contribution in [0.4, 0.5) is 0 Å². The number of benzene rings is 2. The minimum atomic E-state index is -1.77. The summed E-state index contributed by atoms with van der Waals surface area (Å²) in [7, 11) is 0. The molecule has 0 aliphatic carbocycles. The maximum Gasteiger partial charge on any atom is 0.360 e. The maximum absolute atomic E-state index is 14.3. The lowest BCUT2D eigenvalue weighted by Crippen LogP contribution is -2.60. The Balaban J connectivity index is 1.43. The lowest BCUT2D eigenvalue weighted by atomic mass is 9.85.